The minimum Gasteiger partial charge on any atom is -0.396 e. The molecule has 0 atom stereocenters. The number of fused-ring (bicyclic) bond motifs is 1. The average Bonchev–Trinajstić information content (AvgIpc) is 3.22. The Morgan fingerprint density at radius 2 is 1.82 bits per heavy atom. The first-order valence-electron chi connectivity index (χ1n) is 10.5. The quantitative estimate of drug-likeness (QED) is 0.405. The Morgan fingerprint density at radius 1 is 0.970 bits per heavy atom. The Kier molecular flexibility index (Phi) is 6.55. The first kappa shape index (κ1) is 22.7. The third-order valence-corrected chi connectivity index (χ3v) is 5.35. The number of rotatable bonds is 8. The van der Waals surface area contributed by atoms with Crippen LogP contribution in [0.4, 0.5) is 13.2 Å². The van der Waals surface area contributed by atoms with Crippen molar-refractivity contribution in [1.82, 2.24) is 14.4 Å². The van der Waals surface area contributed by atoms with Crippen LogP contribution in [0.2, 0.25) is 0 Å². The predicted octanol–water partition coefficient (Wildman–Crippen LogP) is 5.05. The molecule has 0 amide bonds. The number of alkyl halides is 3. The molecular weight excluding hydrogens is 431 g/mol. The molecule has 170 valence electrons. The van der Waals surface area contributed by atoms with Gasteiger partial charge in [0, 0.05) is 43.0 Å². The van der Waals surface area contributed by atoms with Crippen LogP contribution in [-0.4, -0.2) is 38.0 Å². The number of imidazole rings is 1. The van der Waals surface area contributed by atoms with Gasteiger partial charge < -0.3 is 5.11 Å². The van der Waals surface area contributed by atoms with E-state index in [4.69, 9.17) is 5.11 Å². The second kappa shape index (κ2) is 9.54. The van der Waals surface area contributed by atoms with E-state index in [1.165, 1.54) is 0 Å². The van der Waals surface area contributed by atoms with Gasteiger partial charge in [-0.2, -0.15) is 13.2 Å². The van der Waals surface area contributed by atoms with Crippen molar-refractivity contribution < 1.29 is 23.1 Å². The molecule has 0 aliphatic carbocycles. The number of hydrogen-bond acceptors (Lipinski definition) is 4. The molecule has 4 rings (SSSR count). The van der Waals surface area contributed by atoms with Crippen molar-refractivity contribution >= 4 is 11.4 Å². The maximum atomic E-state index is 12.4. The molecule has 0 saturated heterocycles. The van der Waals surface area contributed by atoms with Gasteiger partial charge >= 0.3 is 6.18 Å². The summed E-state index contributed by atoms with van der Waals surface area (Å²) in [5.74, 6) is -0.440. The molecule has 8 heteroatoms. The summed E-state index contributed by atoms with van der Waals surface area (Å²) in [5.41, 5.74) is 5.67. The fourth-order valence-electron chi connectivity index (χ4n) is 3.66. The molecule has 3 heterocycles. The molecule has 1 N–H and O–H groups in total. The number of aliphatic hydroxyl groups is 1. The lowest BCUT2D eigenvalue weighted by atomic mass is 10.0. The van der Waals surface area contributed by atoms with Crippen LogP contribution < -0.4 is 0 Å². The van der Waals surface area contributed by atoms with E-state index in [9.17, 15) is 18.0 Å². The first-order valence-corrected chi connectivity index (χ1v) is 10.5. The molecular formula is C25H22F3N3O2. The molecule has 0 spiro atoms. The van der Waals surface area contributed by atoms with Crippen molar-refractivity contribution in [3.05, 3.63) is 78.2 Å². The van der Waals surface area contributed by atoms with Gasteiger partial charge in [-0.25, -0.2) is 4.98 Å². The van der Waals surface area contributed by atoms with Crippen LogP contribution in [0.5, 0.6) is 0 Å². The lowest BCUT2D eigenvalue weighted by Gasteiger charge is -2.08. The van der Waals surface area contributed by atoms with Crippen molar-refractivity contribution in [2.45, 2.75) is 31.9 Å². The zero-order valence-electron chi connectivity index (χ0n) is 17.7. The number of nitrogens with zero attached hydrogens (tertiary/aromatic N) is 3. The fourth-order valence-corrected chi connectivity index (χ4v) is 3.66. The van der Waals surface area contributed by atoms with E-state index in [1.54, 1.807) is 24.5 Å². The van der Waals surface area contributed by atoms with Gasteiger partial charge in [0.1, 0.15) is 11.4 Å². The van der Waals surface area contributed by atoms with Crippen LogP contribution in [0.15, 0.2) is 67.1 Å². The lowest BCUT2D eigenvalue weighted by Crippen LogP contribution is -2.12. The summed E-state index contributed by atoms with van der Waals surface area (Å²) >= 11 is 0. The summed E-state index contributed by atoms with van der Waals surface area (Å²) in [6.45, 7) is 0.0761. The van der Waals surface area contributed by atoms with Gasteiger partial charge in [0.05, 0.1) is 24.0 Å². The summed E-state index contributed by atoms with van der Waals surface area (Å²) in [6, 6.07) is 14.9. The van der Waals surface area contributed by atoms with E-state index in [0.29, 0.717) is 12.0 Å². The van der Waals surface area contributed by atoms with Crippen LogP contribution in [0.3, 0.4) is 0 Å². The van der Waals surface area contributed by atoms with E-state index in [2.05, 4.69) is 9.97 Å². The normalized spacial score (nSPS) is 11.8. The molecule has 0 aliphatic rings. The van der Waals surface area contributed by atoms with E-state index in [0.717, 1.165) is 33.7 Å². The first-order chi connectivity index (χ1) is 15.8. The van der Waals surface area contributed by atoms with Crippen LogP contribution in [0.25, 0.3) is 28.2 Å². The molecule has 0 fully saturated rings. The van der Waals surface area contributed by atoms with Crippen molar-refractivity contribution in [3.8, 4) is 22.5 Å². The third-order valence-electron chi connectivity index (χ3n) is 5.35. The van der Waals surface area contributed by atoms with E-state index in [1.807, 2.05) is 47.0 Å². The number of Topliss-reactive ketones (excluding diaryl/α,β-unsaturated/α-hetero) is 1. The van der Waals surface area contributed by atoms with E-state index in [-0.39, 0.29) is 13.0 Å². The number of halogens is 3. The zero-order valence-corrected chi connectivity index (χ0v) is 17.7. The monoisotopic (exact) mass is 453 g/mol. The zero-order chi connectivity index (χ0) is 23.4. The molecule has 3 aromatic heterocycles. The second-order valence-corrected chi connectivity index (χ2v) is 7.84. The van der Waals surface area contributed by atoms with Crippen LogP contribution in [0.1, 0.15) is 24.0 Å². The van der Waals surface area contributed by atoms with Gasteiger partial charge in [-0.15, -0.1) is 0 Å². The summed E-state index contributed by atoms with van der Waals surface area (Å²) < 4.78 is 39.0. The number of pyridine rings is 2. The highest BCUT2D eigenvalue weighted by Crippen LogP contribution is 2.26. The fraction of sp³-hybridized carbons (Fsp3) is 0.240. The number of aliphatic hydroxyl groups excluding tert-OH is 1. The Labute approximate surface area is 188 Å². The van der Waals surface area contributed by atoms with Crippen LogP contribution >= 0.6 is 0 Å². The predicted molar refractivity (Wildman–Crippen MR) is 119 cm³/mol. The molecule has 33 heavy (non-hydrogen) atoms. The van der Waals surface area contributed by atoms with Gasteiger partial charge in [-0.05, 0) is 41.8 Å². The number of hydrogen-bond donors (Lipinski definition) is 1. The van der Waals surface area contributed by atoms with E-state index >= 15 is 0 Å². The number of aromatic nitrogens is 3. The number of carbonyl (C=O) groups excluding carboxylic acids is 1. The molecule has 5 nitrogen and oxygen atoms in total. The van der Waals surface area contributed by atoms with Gasteiger partial charge in [0.15, 0.2) is 0 Å². The average molecular weight is 453 g/mol. The van der Waals surface area contributed by atoms with Crippen molar-refractivity contribution in [1.29, 1.82) is 0 Å². The Morgan fingerprint density at radius 3 is 2.55 bits per heavy atom. The SMILES string of the molecule is O=C(CCC(F)(F)F)Cc1cccc(-c2cnc3cc(-c4ccc(CCO)cn4)ccn23)c1. The van der Waals surface area contributed by atoms with Crippen molar-refractivity contribution in [2.24, 2.45) is 0 Å². The lowest BCUT2D eigenvalue weighted by molar-refractivity contribution is -0.143. The van der Waals surface area contributed by atoms with Gasteiger partial charge in [-0.3, -0.25) is 14.2 Å². The number of benzene rings is 1. The minimum atomic E-state index is -4.33. The summed E-state index contributed by atoms with van der Waals surface area (Å²) in [7, 11) is 0. The highest BCUT2D eigenvalue weighted by molar-refractivity contribution is 5.81. The van der Waals surface area contributed by atoms with Crippen LogP contribution in [0, 0.1) is 0 Å². The largest absolute Gasteiger partial charge is 0.396 e. The summed E-state index contributed by atoms with van der Waals surface area (Å²) in [6.07, 6.45) is -0.0655. The highest BCUT2D eigenvalue weighted by atomic mass is 19.4. The van der Waals surface area contributed by atoms with Gasteiger partial charge in [0.25, 0.3) is 0 Å². The second-order valence-electron chi connectivity index (χ2n) is 7.84. The van der Waals surface area contributed by atoms with Crippen molar-refractivity contribution in [3.63, 3.8) is 0 Å². The molecule has 0 aliphatic heterocycles. The third kappa shape index (κ3) is 5.64. The Hall–Kier alpha value is -3.52. The topological polar surface area (TPSA) is 67.5 Å². The molecule has 1 aromatic carbocycles. The molecule has 0 saturated carbocycles. The maximum Gasteiger partial charge on any atom is 0.389 e. The molecule has 0 bridgehead atoms. The summed E-state index contributed by atoms with van der Waals surface area (Å²) in [5, 5.41) is 9.04. The molecule has 0 radical (unpaired) electrons. The van der Waals surface area contributed by atoms with Crippen LogP contribution in [-0.2, 0) is 17.6 Å². The number of ketones is 1. The molecule has 4 aromatic rings. The highest BCUT2D eigenvalue weighted by Gasteiger charge is 2.27. The minimum absolute atomic E-state index is 0.0389. The van der Waals surface area contributed by atoms with Crippen molar-refractivity contribution in [2.75, 3.05) is 6.61 Å². The Bertz CT molecular complexity index is 1260. The molecule has 0 unspecified atom stereocenters. The number of carbonyl (C=O) groups is 1. The summed E-state index contributed by atoms with van der Waals surface area (Å²) in [4.78, 5) is 20.9. The van der Waals surface area contributed by atoms with E-state index < -0.39 is 24.8 Å². The van der Waals surface area contributed by atoms with Gasteiger partial charge in [-0.1, -0.05) is 24.3 Å². The standard InChI is InChI=1S/C25H22F3N3O2/c26-25(27,28)9-6-21(33)13-18-2-1-3-20(12-18)23-16-30-24-14-19(7-10-31(23)24)22-5-4-17(8-11-32)15-29-22/h1-5,7,10,12,14-16,32H,6,8-9,11,13H2. The smallest absolute Gasteiger partial charge is 0.389 e. The Balaban J connectivity index is 1.54. The van der Waals surface area contributed by atoms with Gasteiger partial charge in [0.2, 0.25) is 0 Å². The maximum absolute atomic E-state index is 12.4.